The molecule has 1 aliphatic heterocycles. The summed E-state index contributed by atoms with van der Waals surface area (Å²) in [5.74, 6) is 1.62. The summed E-state index contributed by atoms with van der Waals surface area (Å²) in [7, 11) is 0. The summed E-state index contributed by atoms with van der Waals surface area (Å²) in [6, 6.07) is 4.93. The van der Waals surface area contributed by atoms with Crippen molar-refractivity contribution in [2.24, 2.45) is 5.92 Å². The molecule has 0 aromatic carbocycles. The fourth-order valence-corrected chi connectivity index (χ4v) is 3.35. The Morgan fingerprint density at radius 2 is 2.16 bits per heavy atom. The Hall–Kier alpha value is -1.56. The summed E-state index contributed by atoms with van der Waals surface area (Å²) in [5.41, 5.74) is 3.28. The Morgan fingerprint density at radius 1 is 1.32 bits per heavy atom. The summed E-state index contributed by atoms with van der Waals surface area (Å²) in [5, 5.41) is 9.42. The van der Waals surface area contributed by atoms with Gasteiger partial charge in [0.05, 0.1) is 5.56 Å². The van der Waals surface area contributed by atoms with Gasteiger partial charge in [-0.3, -0.25) is 0 Å². The third-order valence-corrected chi connectivity index (χ3v) is 4.54. The number of fused-ring (bicyclic) bond motifs is 1. The van der Waals surface area contributed by atoms with Crippen LogP contribution in [0.4, 0.5) is 5.82 Å². The Kier molecular flexibility index (Phi) is 3.18. The van der Waals surface area contributed by atoms with Crippen molar-refractivity contribution >= 4 is 5.82 Å². The minimum Gasteiger partial charge on any atom is -0.353 e. The molecule has 0 N–H and O–H groups in total. The lowest BCUT2D eigenvalue weighted by molar-refractivity contribution is 0.388. The quantitative estimate of drug-likeness (QED) is 0.774. The number of nitriles is 1. The fraction of sp³-hybridized carbons (Fsp3) is 0.625. The van der Waals surface area contributed by atoms with E-state index >= 15 is 0 Å². The Labute approximate surface area is 115 Å². The van der Waals surface area contributed by atoms with E-state index in [2.05, 4.69) is 30.9 Å². The number of anilines is 1. The molecule has 100 valence electrons. The molecule has 1 saturated heterocycles. The van der Waals surface area contributed by atoms with Gasteiger partial charge in [-0.25, -0.2) is 4.98 Å². The lowest BCUT2D eigenvalue weighted by Crippen LogP contribution is -2.42. The first kappa shape index (κ1) is 12.5. The summed E-state index contributed by atoms with van der Waals surface area (Å²) in [4.78, 5) is 7.19. The standard InChI is InChI=1S/C16H21N3/c1-11-6-7-12(2)19(10-11)16-14(9-17)8-13-4-3-5-15(13)18-16/h8,11-12H,3-7,10H2,1-2H3. The Balaban J connectivity index is 2.01. The van der Waals surface area contributed by atoms with E-state index in [0.29, 0.717) is 12.0 Å². The average molecular weight is 255 g/mol. The van der Waals surface area contributed by atoms with E-state index in [1.807, 2.05) is 0 Å². The number of aryl methyl sites for hydroxylation is 2. The molecule has 19 heavy (non-hydrogen) atoms. The first-order valence-corrected chi connectivity index (χ1v) is 7.38. The molecule has 0 radical (unpaired) electrons. The molecule has 3 nitrogen and oxygen atoms in total. The van der Waals surface area contributed by atoms with Crippen LogP contribution >= 0.6 is 0 Å². The van der Waals surface area contributed by atoms with Crippen LogP contribution in [0.5, 0.6) is 0 Å². The van der Waals surface area contributed by atoms with Crippen LogP contribution < -0.4 is 4.90 Å². The topological polar surface area (TPSA) is 39.9 Å². The van der Waals surface area contributed by atoms with Gasteiger partial charge in [0.2, 0.25) is 0 Å². The van der Waals surface area contributed by atoms with Crippen molar-refractivity contribution in [3.63, 3.8) is 0 Å². The fourth-order valence-electron chi connectivity index (χ4n) is 3.35. The van der Waals surface area contributed by atoms with Crippen LogP contribution in [0, 0.1) is 17.2 Å². The molecule has 2 atom stereocenters. The van der Waals surface area contributed by atoms with E-state index in [0.717, 1.165) is 30.8 Å². The Morgan fingerprint density at radius 3 is 2.95 bits per heavy atom. The zero-order valence-corrected chi connectivity index (χ0v) is 11.8. The van der Waals surface area contributed by atoms with Gasteiger partial charge >= 0.3 is 0 Å². The number of pyridine rings is 1. The molecule has 2 aliphatic rings. The second kappa shape index (κ2) is 4.85. The molecule has 1 aromatic heterocycles. The van der Waals surface area contributed by atoms with E-state index in [1.165, 1.54) is 30.5 Å². The third-order valence-electron chi connectivity index (χ3n) is 4.54. The number of rotatable bonds is 1. The van der Waals surface area contributed by atoms with Gasteiger partial charge in [-0.1, -0.05) is 6.92 Å². The van der Waals surface area contributed by atoms with Crippen LogP contribution in [0.3, 0.4) is 0 Å². The van der Waals surface area contributed by atoms with Crippen molar-refractivity contribution in [3.8, 4) is 6.07 Å². The van der Waals surface area contributed by atoms with Gasteiger partial charge in [-0.15, -0.1) is 0 Å². The maximum Gasteiger partial charge on any atom is 0.147 e. The molecule has 1 aromatic rings. The summed E-state index contributed by atoms with van der Waals surface area (Å²) >= 11 is 0. The smallest absolute Gasteiger partial charge is 0.147 e. The maximum atomic E-state index is 9.42. The van der Waals surface area contributed by atoms with Crippen molar-refractivity contribution in [2.75, 3.05) is 11.4 Å². The van der Waals surface area contributed by atoms with Crippen LogP contribution in [-0.4, -0.2) is 17.6 Å². The molecule has 3 heteroatoms. The number of aromatic nitrogens is 1. The largest absolute Gasteiger partial charge is 0.353 e. The average Bonchev–Trinajstić information content (AvgIpc) is 2.87. The summed E-state index contributed by atoms with van der Waals surface area (Å²) in [6.45, 7) is 5.57. The zero-order valence-electron chi connectivity index (χ0n) is 11.8. The lowest BCUT2D eigenvalue weighted by atomic mass is 9.94. The highest BCUT2D eigenvalue weighted by Crippen LogP contribution is 2.31. The van der Waals surface area contributed by atoms with Gasteiger partial charge in [-0.05, 0) is 56.6 Å². The van der Waals surface area contributed by atoms with Crippen LogP contribution in [-0.2, 0) is 12.8 Å². The highest BCUT2D eigenvalue weighted by atomic mass is 15.2. The molecule has 3 rings (SSSR count). The number of piperidine rings is 1. The van der Waals surface area contributed by atoms with Crippen LogP contribution in [0.2, 0.25) is 0 Å². The maximum absolute atomic E-state index is 9.42. The van der Waals surface area contributed by atoms with Crippen molar-refractivity contribution in [1.29, 1.82) is 5.26 Å². The second-order valence-electron chi connectivity index (χ2n) is 6.11. The van der Waals surface area contributed by atoms with Gasteiger partial charge in [0.25, 0.3) is 0 Å². The van der Waals surface area contributed by atoms with Crippen molar-refractivity contribution in [3.05, 3.63) is 22.9 Å². The lowest BCUT2D eigenvalue weighted by Gasteiger charge is -2.38. The minimum absolute atomic E-state index is 0.496. The van der Waals surface area contributed by atoms with E-state index in [4.69, 9.17) is 4.98 Å². The monoisotopic (exact) mass is 255 g/mol. The highest BCUT2D eigenvalue weighted by Gasteiger charge is 2.27. The predicted octanol–water partition coefficient (Wildman–Crippen LogP) is 3.07. The van der Waals surface area contributed by atoms with Crippen LogP contribution in [0.25, 0.3) is 0 Å². The van der Waals surface area contributed by atoms with E-state index in [9.17, 15) is 5.26 Å². The minimum atomic E-state index is 0.496. The molecule has 0 amide bonds. The van der Waals surface area contributed by atoms with Gasteiger partial charge < -0.3 is 4.90 Å². The molecule has 0 bridgehead atoms. The molecule has 0 spiro atoms. The normalized spacial score (nSPS) is 26.1. The summed E-state index contributed by atoms with van der Waals surface area (Å²) < 4.78 is 0. The van der Waals surface area contributed by atoms with Gasteiger partial charge in [0.15, 0.2) is 0 Å². The summed E-state index contributed by atoms with van der Waals surface area (Å²) in [6.07, 6.45) is 5.83. The van der Waals surface area contributed by atoms with Crippen molar-refractivity contribution < 1.29 is 0 Å². The highest BCUT2D eigenvalue weighted by molar-refractivity contribution is 5.57. The Bertz CT molecular complexity index is 530. The molecule has 2 heterocycles. The van der Waals surface area contributed by atoms with Crippen molar-refractivity contribution in [2.45, 2.75) is 52.0 Å². The van der Waals surface area contributed by atoms with Crippen LogP contribution in [0.1, 0.15) is 49.9 Å². The molecule has 1 aliphatic carbocycles. The first-order valence-electron chi connectivity index (χ1n) is 7.38. The van der Waals surface area contributed by atoms with E-state index < -0.39 is 0 Å². The van der Waals surface area contributed by atoms with E-state index in [1.54, 1.807) is 0 Å². The predicted molar refractivity (Wildman–Crippen MR) is 76.2 cm³/mol. The van der Waals surface area contributed by atoms with Gasteiger partial charge in [0, 0.05) is 18.3 Å². The number of hydrogen-bond acceptors (Lipinski definition) is 3. The zero-order chi connectivity index (χ0) is 13.4. The number of hydrogen-bond donors (Lipinski definition) is 0. The number of nitrogens with zero attached hydrogens (tertiary/aromatic N) is 3. The van der Waals surface area contributed by atoms with Crippen molar-refractivity contribution in [1.82, 2.24) is 4.98 Å². The molecule has 0 saturated carbocycles. The second-order valence-corrected chi connectivity index (χ2v) is 6.11. The first-order chi connectivity index (χ1) is 9.19. The van der Waals surface area contributed by atoms with Gasteiger partial charge in [-0.2, -0.15) is 5.26 Å². The molecule has 1 fully saturated rings. The molecular weight excluding hydrogens is 234 g/mol. The van der Waals surface area contributed by atoms with Gasteiger partial charge in [0.1, 0.15) is 11.9 Å². The van der Waals surface area contributed by atoms with Crippen LogP contribution in [0.15, 0.2) is 6.07 Å². The molecule has 2 unspecified atom stereocenters. The molecular formula is C16H21N3. The van der Waals surface area contributed by atoms with E-state index in [-0.39, 0.29) is 0 Å². The third kappa shape index (κ3) is 2.20. The SMILES string of the molecule is CC1CCC(C)N(c2nc3c(cc2C#N)CCC3)C1.